The molecule has 0 saturated carbocycles. The van der Waals surface area contributed by atoms with E-state index in [9.17, 15) is 0 Å². The summed E-state index contributed by atoms with van der Waals surface area (Å²) in [6.45, 7) is 2.11. The first-order valence-corrected chi connectivity index (χ1v) is 6.71. The number of aromatic nitrogens is 1. The minimum absolute atomic E-state index is 0.791. The van der Waals surface area contributed by atoms with E-state index in [-0.39, 0.29) is 0 Å². The largest absolute Gasteiger partial charge is 0.398 e. The Morgan fingerprint density at radius 3 is 2.65 bits per heavy atom. The van der Waals surface area contributed by atoms with Crippen molar-refractivity contribution in [2.45, 2.75) is 6.92 Å². The summed E-state index contributed by atoms with van der Waals surface area (Å²) in [7, 11) is 0. The van der Waals surface area contributed by atoms with Crippen molar-refractivity contribution < 1.29 is 0 Å². The molecule has 1 aromatic heterocycles. The molecule has 0 radical (unpaired) electrons. The summed E-state index contributed by atoms with van der Waals surface area (Å²) in [4.78, 5) is 4.83. The highest BCUT2D eigenvalue weighted by Crippen LogP contribution is 2.32. The van der Waals surface area contributed by atoms with E-state index in [2.05, 4.69) is 37.3 Å². The highest BCUT2D eigenvalue weighted by molar-refractivity contribution is 6.14. The summed E-state index contributed by atoms with van der Waals surface area (Å²) in [6.07, 6.45) is 0. The van der Waals surface area contributed by atoms with E-state index in [1.807, 2.05) is 24.3 Å². The SMILES string of the molecule is Cc1ccc(N)c2c1ccc1cc3ccccc3nc12. The standard InChI is InChI=1S/C18H14N2/c1-11-6-9-15(19)17-14(11)8-7-13-10-12-4-2-3-5-16(12)20-18(13)17/h2-10H,19H2,1H3. The molecular weight excluding hydrogens is 244 g/mol. The van der Waals surface area contributed by atoms with E-state index < -0.39 is 0 Å². The summed E-state index contributed by atoms with van der Waals surface area (Å²) in [5.74, 6) is 0. The zero-order valence-corrected chi connectivity index (χ0v) is 11.2. The van der Waals surface area contributed by atoms with E-state index in [0.717, 1.165) is 32.9 Å². The molecule has 0 aliphatic rings. The maximum atomic E-state index is 6.20. The number of hydrogen-bond donors (Lipinski definition) is 1. The van der Waals surface area contributed by atoms with Gasteiger partial charge < -0.3 is 5.73 Å². The number of fused-ring (bicyclic) bond motifs is 4. The van der Waals surface area contributed by atoms with Gasteiger partial charge in [0.15, 0.2) is 0 Å². The Balaban J connectivity index is 2.29. The molecule has 0 aliphatic heterocycles. The number of anilines is 1. The molecule has 20 heavy (non-hydrogen) atoms. The number of aryl methyl sites for hydroxylation is 1. The van der Waals surface area contributed by atoms with Gasteiger partial charge in [0.1, 0.15) is 0 Å². The smallest absolute Gasteiger partial charge is 0.0808 e. The number of benzene rings is 3. The van der Waals surface area contributed by atoms with Crippen molar-refractivity contribution in [1.29, 1.82) is 0 Å². The van der Waals surface area contributed by atoms with Crippen LogP contribution in [0.5, 0.6) is 0 Å². The minimum atomic E-state index is 0.791. The maximum Gasteiger partial charge on any atom is 0.0808 e. The summed E-state index contributed by atoms with van der Waals surface area (Å²) in [5.41, 5.74) is 10.2. The molecule has 0 atom stereocenters. The van der Waals surface area contributed by atoms with Crippen LogP contribution in [0.15, 0.2) is 54.6 Å². The second-order valence-electron chi connectivity index (χ2n) is 5.21. The highest BCUT2D eigenvalue weighted by atomic mass is 14.7. The lowest BCUT2D eigenvalue weighted by atomic mass is 10.00. The van der Waals surface area contributed by atoms with Crippen molar-refractivity contribution in [3.05, 3.63) is 60.2 Å². The predicted octanol–water partition coefficient (Wildman–Crippen LogP) is 4.43. The molecule has 0 spiro atoms. The fraction of sp³-hybridized carbons (Fsp3) is 0.0556. The van der Waals surface area contributed by atoms with Crippen LogP contribution < -0.4 is 5.73 Å². The third-order valence-electron chi connectivity index (χ3n) is 3.92. The van der Waals surface area contributed by atoms with Gasteiger partial charge in [-0.1, -0.05) is 36.4 Å². The minimum Gasteiger partial charge on any atom is -0.398 e. The Hall–Kier alpha value is -2.61. The van der Waals surface area contributed by atoms with Crippen LogP contribution in [0.25, 0.3) is 32.6 Å². The summed E-state index contributed by atoms with van der Waals surface area (Å²) in [6, 6.07) is 18.7. The van der Waals surface area contributed by atoms with Crippen molar-refractivity contribution in [1.82, 2.24) is 4.98 Å². The zero-order chi connectivity index (χ0) is 13.7. The van der Waals surface area contributed by atoms with E-state index >= 15 is 0 Å². The predicted molar refractivity (Wildman–Crippen MR) is 85.9 cm³/mol. The topological polar surface area (TPSA) is 38.9 Å². The third-order valence-corrected chi connectivity index (χ3v) is 3.92. The molecule has 2 N–H and O–H groups in total. The van der Waals surface area contributed by atoms with Crippen molar-refractivity contribution in [2.24, 2.45) is 0 Å². The summed E-state index contributed by atoms with van der Waals surface area (Å²) in [5, 5.41) is 4.53. The third kappa shape index (κ3) is 1.48. The van der Waals surface area contributed by atoms with Crippen molar-refractivity contribution in [3.8, 4) is 0 Å². The first-order chi connectivity index (χ1) is 9.74. The second-order valence-corrected chi connectivity index (χ2v) is 5.21. The van der Waals surface area contributed by atoms with Crippen molar-refractivity contribution in [2.75, 3.05) is 5.73 Å². The van der Waals surface area contributed by atoms with Crippen molar-refractivity contribution >= 4 is 38.3 Å². The Bertz CT molecular complexity index is 971. The van der Waals surface area contributed by atoms with Crippen LogP contribution in [-0.2, 0) is 0 Å². The van der Waals surface area contributed by atoms with Gasteiger partial charge in [-0.15, -0.1) is 0 Å². The fourth-order valence-corrected chi connectivity index (χ4v) is 2.85. The van der Waals surface area contributed by atoms with E-state index in [1.54, 1.807) is 0 Å². The van der Waals surface area contributed by atoms with Crippen LogP contribution in [0.1, 0.15) is 5.56 Å². The average Bonchev–Trinajstić information content (AvgIpc) is 2.48. The Morgan fingerprint density at radius 1 is 0.900 bits per heavy atom. The number of pyridine rings is 1. The quantitative estimate of drug-likeness (QED) is 0.288. The lowest BCUT2D eigenvalue weighted by Crippen LogP contribution is -1.92. The molecule has 2 nitrogen and oxygen atoms in total. The molecule has 2 heteroatoms. The summed E-state index contributed by atoms with van der Waals surface area (Å²) < 4.78 is 0. The Morgan fingerprint density at radius 2 is 1.75 bits per heavy atom. The first kappa shape index (κ1) is 11.2. The molecular formula is C18H14N2. The van der Waals surface area contributed by atoms with Gasteiger partial charge in [0.25, 0.3) is 0 Å². The number of para-hydroxylation sites is 1. The van der Waals surface area contributed by atoms with Gasteiger partial charge in [-0.05, 0) is 36.1 Å². The van der Waals surface area contributed by atoms with Crippen LogP contribution in [0.3, 0.4) is 0 Å². The molecule has 0 aliphatic carbocycles. The van der Waals surface area contributed by atoms with Gasteiger partial charge in [-0.2, -0.15) is 0 Å². The monoisotopic (exact) mass is 258 g/mol. The Kier molecular flexibility index (Phi) is 2.21. The fourth-order valence-electron chi connectivity index (χ4n) is 2.85. The molecule has 4 aromatic rings. The number of nitrogens with two attached hydrogens (primary N) is 1. The van der Waals surface area contributed by atoms with E-state index in [4.69, 9.17) is 10.7 Å². The summed E-state index contributed by atoms with van der Waals surface area (Å²) >= 11 is 0. The molecule has 0 amide bonds. The molecule has 0 saturated heterocycles. The molecule has 3 aromatic carbocycles. The average molecular weight is 258 g/mol. The van der Waals surface area contributed by atoms with E-state index in [0.29, 0.717) is 0 Å². The Labute approximate surface area is 116 Å². The van der Waals surface area contributed by atoms with Crippen molar-refractivity contribution in [3.63, 3.8) is 0 Å². The van der Waals surface area contributed by atoms with Crippen LogP contribution in [0, 0.1) is 6.92 Å². The molecule has 0 fully saturated rings. The van der Waals surface area contributed by atoms with Crippen LogP contribution in [0.2, 0.25) is 0 Å². The molecule has 0 unspecified atom stereocenters. The van der Waals surface area contributed by atoms with Crippen LogP contribution in [0.4, 0.5) is 5.69 Å². The zero-order valence-electron chi connectivity index (χ0n) is 11.2. The van der Waals surface area contributed by atoms with Crippen LogP contribution >= 0.6 is 0 Å². The number of hydrogen-bond acceptors (Lipinski definition) is 2. The maximum absolute atomic E-state index is 6.20. The molecule has 96 valence electrons. The van der Waals surface area contributed by atoms with Gasteiger partial charge in [-0.3, -0.25) is 0 Å². The van der Waals surface area contributed by atoms with Gasteiger partial charge >= 0.3 is 0 Å². The van der Waals surface area contributed by atoms with Gasteiger partial charge in [0.2, 0.25) is 0 Å². The van der Waals surface area contributed by atoms with Crippen LogP contribution in [-0.4, -0.2) is 4.98 Å². The van der Waals surface area contributed by atoms with E-state index in [1.165, 1.54) is 10.9 Å². The lowest BCUT2D eigenvalue weighted by molar-refractivity contribution is 1.49. The molecule has 0 bridgehead atoms. The first-order valence-electron chi connectivity index (χ1n) is 6.71. The highest BCUT2D eigenvalue weighted by Gasteiger charge is 2.08. The number of rotatable bonds is 0. The normalized spacial score (nSPS) is 11.4. The lowest BCUT2D eigenvalue weighted by Gasteiger charge is -2.09. The molecule has 4 rings (SSSR count). The van der Waals surface area contributed by atoms with Gasteiger partial charge in [-0.25, -0.2) is 4.98 Å². The van der Waals surface area contributed by atoms with Gasteiger partial charge in [0, 0.05) is 21.8 Å². The second kappa shape index (κ2) is 3.94. The number of nitrogen functional groups attached to an aromatic ring is 1. The number of nitrogens with zero attached hydrogens (tertiary/aromatic N) is 1. The molecule has 1 heterocycles. The van der Waals surface area contributed by atoms with Gasteiger partial charge in [0.05, 0.1) is 11.0 Å².